The maximum Gasteiger partial charge on any atom is 0.321 e. The molecule has 22 heavy (non-hydrogen) atoms. The zero-order valence-corrected chi connectivity index (χ0v) is 14.5. The van der Waals surface area contributed by atoms with Crippen LogP contribution in [0.1, 0.15) is 13.8 Å². The number of halogens is 1. The van der Waals surface area contributed by atoms with Crippen LogP contribution in [0, 0.1) is 17.8 Å². The molecular weight excluding hydrogens is 354 g/mol. The second-order valence-electron chi connectivity index (χ2n) is 4.95. The fourth-order valence-corrected chi connectivity index (χ4v) is 3.24. The smallest absolute Gasteiger partial charge is 0.321 e. The van der Waals surface area contributed by atoms with Gasteiger partial charge in [-0.2, -0.15) is 0 Å². The Morgan fingerprint density at radius 2 is 1.91 bits per heavy atom. The Balaban J connectivity index is 3.09. The minimum absolute atomic E-state index is 0.144. The van der Waals surface area contributed by atoms with E-state index in [9.17, 15) is 14.4 Å². The maximum absolute atomic E-state index is 12.6. The number of likely N-dealkylation sites (tertiary alicyclic amines) is 1. The lowest BCUT2D eigenvalue weighted by Gasteiger charge is -2.22. The molecule has 1 saturated heterocycles. The van der Waals surface area contributed by atoms with Crippen molar-refractivity contribution >= 4 is 33.8 Å². The molecular formula is C15H22BrNO5. The normalized spacial score (nSPS) is 21.1. The topological polar surface area (TPSA) is 72.9 Å². The van der Waals surface area contributed by atoms with E-state index in [2.05, 4.69) is 22.5 Å². The predicted octanol–water partition coefficient (Wildman–Crippen LogP) is 1.38. The third-order valence-corrected chi connectivity index (χ3v) is 4.38. The fraction of sp³-hybridized carbons (Fsp3) is 0.667. The number of alkyl halides is 1. The molecule has 0 aliphatic carbocycles. The standard InChI is InChI=1S/C15H22BrNO5/c1-4-7-17-9-10(8-16)11(13(17)18)12(14(19)21-5-2)15(20)22-6-3/h4,10-12H,1,5-9H2,2-3H3. The predicted molar refractivity (Wildman–Crippen MR) is 84.3 cm³/mol. The van der Waals surface area contributed by atoms with Crippen molar-refractivity contribution in [1.82, 2.24) is 4.90 Å². The van der Waals surface area contributed by atoms with Gasteiger partial charge in [0.05, 0.1) is 19.1 Å². The number of nitrogens with zero attached hydrogens (tertiary/aromatic N) is 1. The molecule has 0 aromatic carbocycles. The van der Waals surface area contributed by atoms with Crippen LogP contribution in [0.25, 0.3) is 0 Å². The molecule has 6 nitrogen and oxygen atoms in total. The van der Waals surface area contributed by atoms with Gasteiger partial charge in [0.15, 0.2) is 5.92 Å². The highest BCUT2D eigenvalue weighted by atomic mass is 79.9. The summed E-state index contributed by atoms with van der Waals surface area (Å²) >= 11 is 3.36. The van der Waals surface area contributed by atoms with E-state index in [1.54, 1.807) is 24.8 Å². The van der Waals surface area contributed by atoms with Crippen molar-refractivity contribution in [2.24, 2.45) is 17.8 Å². The average Bonchev–Trinajstić information content (AvgIpc) is 2.78. The monoisotopic (exact) mass is 375 g/mol. The molecule has 7 heteroatoms. The van der Waals surface area contributed by atoms with E-state index in [4.69, 9.17) is 9.47 Å². The molecule has 1 fully saturated rings. The van der Waals surface area contributed by atoms with E-state index >= 15 is 0 Å². The van der Waals surface area contributed by atoms with Crippen molar-refractivity contribution in [3.05, 3.63) is 12.7 Å². The van der Waals surface area contributed by atoms with Gasteiger partial charge in [-0.15, -0.1) is 6.58 Å². The molecule has 0 aromatic rings. The molecule has 2 atom stereocenters. The van der Waals surface area contributed by atoms with Crippen LogP contribution in [-0.4, -0.2) is 54.4 Å². The van der Waals surface area contributed by atoms with Crippen molar-refractivity contribution < 1.29 is 23.9 Å². The molecule has 0 N–H and O–H groups in total. The summed E-state index contributed by atoms with van der Waals surface area (Å²) in [6, 6.07) is 0. The molecule has 1 aliphatic heterocycles. The van der Waals surface area contributed by atoms with Gasteiger partial charge in [-0.05, 0) is 19.8 Å². The molecule has 1 aliphatic rings. The van der Waals surface area contributed by atoms with Crippen molar-refractivity contribution in [3.8, 4) is 0 Å². The Morgan fingerprint density at radius 1 is 1.36 bits per heavy atom. The van der Waals surface area contributed by atoms with E-state index in [1.807, 2.05) is 0 Å². The lowest BCUT2D eigenvalue weighted by atomic mass is 9.84. The number of ether oxygens (including phenoxy) is 2. The number of hydrogen-bond donors (Lipinski definition) is 0. The fourth-order valence-electron chi connectivity index (χ4n) is 2.63. The first-order chi connectivity index (χ1) is 10.5. The Bertz CT molecular complexity index is 422. The minimum atomic E-state index is -1.22. The van der Waals surface area contributed by atoms with E-state index < -0.39 is 23.8 Å². The number of rotatable bonds is 8. The molecule has 0 spiro atoms. The van der Waals surface area contributed by atoms with Gasteiger partial charge in [-0.1, -0.05) is 22.0 Å². The highest BCUT2D eigenvalue weighted by Crippen LogP contribution is 2.34. The van der Waals surface area contributed by atoms with Crippen molar-refractivity contribution in [1.29, 1.82) is 0 Å². The van der Waals surface area contributed by atoms with Crippen LogP contribution in [0.5, 0.6) is 0 Å². The third kappa shape index (κ3) is 4.09. The average molecular weight is 376 g/mol. The summed E-state index contributed by atoms with van der Waals surface area (Å²) in [4.78, 5) is 38.5. The van der Waals surface area contributed by atoms with Gasteiger partial charge in [-0.3, -0.25) is 14.4 Å². The van der Waals surface area contributed by atoms with Crippen LogP contribution in [0.3, 0.4) is 0 Å². The van der Waals surface area contributed by atoms with Crippen LogP contribution in [0.2, 0.25) is 0 Å². The molecule has 1 heterocycles. The largest absolute Gasteiger partial charge is 0.465 e. The lowest BCUT2D eigenvalue weighted by Crippen LogP contribution is -2.41. The highest BCUT2D eigenvalue weighted by Gasteiger charge is 2.50. The molecule has 0 aromatic heterocycles. The van der Waals surface area contributed by atoms with Crippen LogP contribution in [0.15, 0.2) is 12.7 Å². The zero-order chi connectivity index (χ0) is 16.7. The first kappa shape index (κ1) is 18.7. The summed E-state index contributed by atoms with van der Waals surface area (Å²) in [5.74, 6) is -3.79. The summed E-state index contributed by atoms with van der Waals surface area (Å²) in [5, 5.41) is 0.506. The van der Waals surface area contributed by atoms with Gasteiger partial charge >= 0.3 is 11.9 Å². The number of amides is 1. The summed E-state index contributed by atoms with van der Waals surface area (Å²) in [6.07, 6.45) is 1.62. The minimum Gasteiger partial charge on any atom is -0.465 e. The second kappa shape index (κ2) is 8.92. The zero-order valence-electron chi connectivity index (χ0n) is 12.9. The maximum atomic E-state index is 12.6. The number of carbonyl (C=O) groups is 3. The molecule has 2 unspecified atom stereocenters. The van der Waals surface area contributed by atoms with E-state index in [0.29, 0.717) is 18.4 Å². The van der Waals surface area contributed by atoms with E-state index in [1.165, 1.54) is 0 Å². The molecule has 0 radical (unpaired) electrons. The highest BCUT2D eigenvalue weighted by molar-refractivity contribution is 9.09. The molecule has 1 amide bonds. The molecule has 124 valence electrons. The van der Waals surface area contributed by atoms with Crippen molar-refractivity contribution in [2.75, 3.05) is 31.6 Å². The van der Waals surface area contributed by atoms with Gasteiger partial charge in [0.2, 0.25) is 5.91 Å². The summed E-state index contributed by atoms with van der Waals surface area (Å²) in [6.45, 7) is 8.07. The number of carbonyl (C=O) groups excluding carboxylic acids is 3. The summed E-state index contributed by atoms with van der Waals surface area (Å²) < 4.78 is 9.95. The second-order valence-corrected chi connectivity index (χ2v) is 5.60. The van der Waals surface area contributed by atoms with Gasteiger partial charge in [0, 0.05) is 18.4 Å². The van der Waals surface area contributed by atoms with Gasteiger partial charge < -0.3 is 14.4 Å². The van der Waals surface area contributed by atoms with Crippen LogP contribution >= 0.6 is 15.9 Å². The van der Waals surface area contributed by atoms with Crippen molar-refractivity contribution in [2.45, 2.75) is 13.8 Å². The Morgan fingerprint density at radius 3 is 2.32 bits per heavy atom. The van der Waals surface area contributed by atoms with Crippen LogP contribution in [-0.2, 0) is 23.9 Å². The Labute approximate surface area is 138 Å². The SMILES string of the molecule is C=CCN1CC(CBr)C(C(C(=O)OCC)C(=O)OCC)C1=O. The first-order valence-corrected chi connectivity index (χ1v) is 8.42. The van der Waals surface area contributed by atoms with Gasteiger partial charge in [0.25, 0.3) is 0 Å². The van der Waals surface area contributed by atoms with Crippen molar-refractivity contribution in [3.63, 3.8) is 0 Å². The van der Waals surface area contributed by atoms with Gasteiger partial charge in [-0.25, -0.2) is 0 Å². The molecule has 0 saturated carbocycles. The molecule has 1 rings (SSSR count). The van der Waals surface area contributed by atoms with E-state index in [-0.39, 0.29) is 25.0 Å². The van der Waals surface area contributed by atoms with E-state index in [0.717, 1.165) is 0 Å². The Hall–Kier alpha value is -1.37. The van der Waals surface area contributed by atoms with Gasteiger partial charge in [0.1, 0.15) is 0 Å². The summed E-state index contributed by atoms with van der Waals surface area (Å²) in [7, 11) is 0. The first-order valence-electron chi connectivity index (χ1n) is 7.30. The molecule has 0 bridgehead atoms. The quantitative estimate of drug-likeness (QED) is 0.277. The Kier molecular flexibility index (Phi) is 7.58. The summed E-state index contributed by atoms with van der Waals surface area (Å²) in [5.41, 5.74) is 0. The third-order valence-electron chi connectivity index (χ3n) is 3.55. The van der Waals surface area contributed by atoms with Crippen LogP contribution in [0.4, 0.5) is 0 Å². The lowest BCUT2D eigenvalue weighted by molar-refractivity contribution is -0.167. The van der Waals surface area contributed by atoms with Crippen LogP contribution < -0.4 is 0 Å². The number of hydrogen-bond acceptors (Lipinski definition) is 5. The number of esters is 2.